The van der Waals surface area contributed by atoms with E-state index in [1.807, 2.05) is 0 Å². The molecule has 1 N–H and O–H groups in total. The molecule has 0 fully saturated rings. The second-order valence-corrected chi connectivity index (χ2v) is 2.87. The van der Waals surface area contributed by atoms with Crippen LogP contribution in [0.5, 0.6) is 6.01 Å². The Bertz CT molecular complexity index is 276. The first-order valence-corrected chi connectivity index (χ1v) is 3.91. The fourth-order valence-corrected chi connectivity index (χ4v) is 1.70. The molecular weight excluding hydrogens is 142 g/mol. The van der Waals surface area contributed by atoms with E-state index in [1.54, 1.807) is 0 Å². The van der Waals surface area contributed by atoms with Crippen LogP contribution in [0.4, 0.5) is 5.82 Å². The zero-order valence-electron chi connectivity index (χ0n) is 6.13. The minimum atomic E-state index is 0.775. The van der Waals surface area contributed by atoms with Gasteiger partial charge in [-0.1, -0.05) is 0 Å². The van der Waals surface area contributed by atoms with E-state index in [-0.39, 0.29) is 0 Å². The highest BCUT2D eigenvalue weighted by atomic mass is 16.5. The van der Waals surface area contributed by atoms with Gasteiger partial charge in [0, 0.05) is 13.0 Å². The van der Waals surface area contributed by atoms with E-state index in [2.05, 4.69) is 14.9 Å². The Labute approximate surface area is 64.2 Å². The molecule has 4 nitrogen and oxygen atoms in total. The first-order chi connectivity index (χ1) is 5.45. The third-order valence-electron chi connectivity index (χ3n) is 2.21. The normalized spacial score (nSPS) is 18.9. The van der Waals surface area contributed by atoms with Gasteiger partial charge in [0.2, 0.25) is 0 Å². The summed E-state index contributed by atoms with van der Waals surface area (Å²) in [4.78, 5) is 4.35. The van der Waals surface area contributed by atoms with Crippen LogP contribution in [0.25, 0.3) is 0 Å². The number of hydrogen-bond acceptors (Lipinski definition) is 3. The Balaban J connectivity index is 2.22. The van der Waals surface area contributed by atoms with Gasteiger partial charge in [0.15, 0.2) is 0 Å². The predicted octanol–water partition coefficient (Wildman–Crippen LogP) is 0.243. The topological polar surface area (TPSA) is 39.1 Å². The van der Waals surface area contributed by atoms with E-state index in [4.69, 9.17) is 4.74 Å². The molecule has 58 valence electrons. The van der Waals surface area contributed by atoms with Gasteiger partial charge in [0.05, 0.1) is 12.2 Å². The van der Waals surface area contributed by atoms with Crippen LogP contribution in [0.1, 0.15) is 5.69 Å². The molecule has 4 heteroatoms. The van der Waals surface area contributed by atoms with Gasteiger partial charge in [-0.3, -0.25) is 4.57 Å². The van der Waals surface area contributed by atoms with Gasteiger partial charge in [0.1, 0.15) is 12.4 Å². The van der Waals surface area contributed by atoms with Crippen molar-refractivity contribution in [3.8, 4) is 6.01 Å². The smallest absolute Gasteiger partial charge is 0.298 e. The van der Waals surface area contributed by atoms with E-state index in [9.17, 15) is 0 Å². The van der Waals surface area contributed by atoms with E-state index in [1.165, 1.54) is 11.5 Å². The number of imidazole rings is 1. The lowest BCUT2D eigenvalue weighted by Crippen LogP contribution is -2.00. The molecule has 0 bridgehead atoms. The Morgan fingerprint density at radius 3 is 3.55 bits per heavy atom. The summed E-state index contributed by atoms with van der Waals surface area (Å²) < 4.78 is 7.42. The summed E-state index contributed by atoms with van der Waals surface area (Å²) in [6.07, 6.45) is 1.04. The molecule has 2 aliphatic rings. The van der Waals surface area contributed by atoms with Crippen LogP contribution in [0, 0.1) is 0 Å². The van der Waals surface area contributed by atoms with Gasteiger partial charge in [0.25, 0.3) is 6.01 Å². The summed E-state index contributed by atoms with van der Waals surface area (Å²) in [6, 6.07) is 0.794. The van der Waals surface area contributed by atoms with Crippen molar-refractivity contribution in [3.05, 3.63) is 5.69 Å². The lowest BCUT2D eigenvalue weighted by atomic mass is 10.4. The Morgan fingerprint density at radius 1 is 1.55 bits per heavy atom. The van der Waals surface area contributed by atoms with Gasteiger partial charge in [-0.05, 0) is 0 Å². The third-order valence-corrected chi connectivity index (χ3v) is 2.21. The molecule has 0 aromatic carbocycles. The van der Waals surface area contributed by atoms with Crippen molar-refractivity contribution in [2.24, 2.45) is 0 Å². The van der Waals surface area contributed by atoms with Crippen molar-refractivity contribution >= 4 is 5.82 Å². The van der Waals surface area contributed by atoms with Crippen LogP contribution in [0.3, 0.4) is 0 Å². The standard InChI is InChI=1S/C7H9N3O/c1-2-8-6-5(1)9-7-10(6)3-4-11-7/h8H,1-4H2. The Kier molecular flexibility index (Phi) is 0.841. The number of hydrogen-bond donors (Lipinski definition) is 1. The maximum Gasteiger partial charge on any atom is 0.298 e. The molecule has 3 heterocycles. The summed E-state index contributed by atoms with van der Waals surface area (Å²) in [5, 5.41) is 3.30. The van der Waals surface area contributed by atoms with Gasteiger partial charge >= 0.3 is 0 Å². The van der Waals surface area contributed by atoms with E-state index < -0.39 is 0 Å². The molecule has 0 spiro atoms. The molecule has 0 saturated heterocycles. The summed E-state index contributed by atoms with van der Waals surface area (Å²) >= 11 is 0. The Hall–Kier alpha value is -1.19. The highest BCUT2D eigenvalue weighted by molar-refractivity contribution is 5.50. The molecule has 0 aliphatic carbocycles. The van der Waals surface area contributed by atoms with Gasteiger partial charge in [-0.15, -0.1) is 0 Å². The van der Waals surface area contributed by atoms with Gasteiger partial charge in [-0.25, -0.2) is 0 Å². The zero-order chi connectivity index (χ0) is 7.26. The average Bonchev–Trinajstić information content (AvgIpc) is 2.52. The summed E-state index contributed by atoms with van der Waals surface area (Å²) in [5.74, 6) is 1.18. The molecule has 2 aliphatic heterocycles. The number of ether oxygens (including phenoxy) is 1. The average molecular weight is 151 g/mol. The first kappa shape index (κ1) is 5.46. The molecule has 0 saturated carbocycles. The maximum absolute atomic E-state index is 5.31. The van der Waals surface area contributed by atoms with Crippen molar-refractivity contribution in [1.82, 2.24) is 9.55 Å². The Morgan fingerprint density at radius 2 is 2.55 bits per heavy atom. The first-order valence-electron chi connectivity index (χ1n) is 3.91. The van der Waals surface area contributed by atoms with Crippen LogP contribution in [0.2, 0.25) is 0 Å². The van der Waals surface area contributed by atoms with Crippen molar-refractivity contribution in [1.29, 1.82) is 0 Å². The van der Waals surface area contributed by atoms with E-state index in [0.29, 0.717) is 0 Å². The van der Waals surface area contributed by atoms with Gasteiger partial charge in [-0.2, -0.15) is 4.98 Å². The van der Waals surface area contributed by atoms with Crippen molar-refractivity contribution in [2.75, 3.05) is 18.5 Å². The number of anilines is 1. The fraction of sp³-hybridized carbons (Fsp3) is 0.571. The maximum atomic E-state index is 5.31. The van der Waals surface area contributed by atoms with Crippen molar-refractivity contribution in [2.45, 2.75) is 13.0 Å². The largest absolute Gasteiger partial charge is 0.463 e. The number of aromatic nitrogens is 2. The molecule has 0 atom stereocenters. The minimum absolute atomic E-state index is 0.775. The summed E-state index contributed by atoms with van der Waals surface area (Å²) in [5.41, 5.74) is 1.17. The highest BCUT2D eigenvalue weighted by Gasteiger charge is 2.24. The van der Waals surface area contributed by atoms with Crippen LogP contribution in [-0.4, -0.2) is 22.7 Å². The van der Waals surface area contributed by atoms with Crippen LogP contribution >= 0.6 is 0 Å². The lowest BCUT2D eigenvalue weighted by Gasteiger charge is -1.98. The molecule has 0 unspecified atom stereocenters. The third kappa shape index (κ3) is 0.568. The monoisotopic (exact) mass is 151 g/mol. The molecule has 3 rings (SSSR count). The van der Waals surface area contributed by atoms with Crippen molar-refractivity contribution < 1.29 is 4.74 Å². The highest BCUT2D eigenvalue weighted by Crippen LogP contribution is 2.29. The molecule has 0 radical (unpaired) electrons. The predicted molar refractivity (Wildman–Crippen MR) is 39.9 cm³/mol. The quantitative estimate of drug-likeness (QED) is 0.577. The SMILES string of the molecule is C1Cc2nc3n(c2N1)CCO3. The second kappa shape index (κ2) is 1.69. The number of nitrogens with zero attached hydrogens (tertiary/aromatic N) is 2. The second-order valence-electron chi connectivity index (χ2n) is 2.87. The number of rotatable bonds is 0. The lowest BCUT2D eigenvalue weighted by molar-refractivity contribution is 0.344. The van der Waals surface area contributed by atoms with Crippen LogP contribution < -0.4 is 10.1 Å². The van der Waals surface area contributed by atoms with Crippen LogP contribution in [0.15, 0.2) is 0 Å². The molecule has 1 aromatic rings. The summed E-state index contributed by atoms with van der Waals surface area (Å²) in [7, 11) is 0. The van der Waals surface area contributed by atoms with E-state index >= 15 is 0 Å². The molecule has 11 heavy (non-hydrogen) atoms. The minimum Gasteiger partial charge on any atom is -0.463 e. The van der Waals surface area contributed by atoms with Crippen molar-refractivity contribution in [3.63, 3.8) is 0 Å². The summed E-state index contributed by atoms with van der Waals surface area (Å²) in [6.45, 7) is 2.75. The fourth-order valence-electron chi connectivity index (χ4n) is 1.70. The van der Waals surface area contributed by atoms with Gasteiger partial charge < -0.3 is 10.1 Å². The van der Waals surface area contributed by atoms with E-state index in [0.717, 1.165) is 32.1 Å². The zero-order valence-corrected chi connectivity index (χ0v) is 6.13. The number of fused-ring (bicyclic) bond motifs is 3. The van der Waals surface area contributed by atoms with Crippen LogP contribution in [-0.2, 0) is 13.0 Å². The molecule has 0 amide bonds. The number of nitrogens with one attached hydrogen (secondary N) is 1. The molecular formula is C7H9N3O. The molecule has 1 aromatic heterocycles.